The summed E-state index contributed by atoms with van der Waals surface area (Å²) in [5.41, 5.74) is 4.51. The zero-order valence-electron chi connectivity index (χ0n) is 12.7. The van der Waals surface area contributed by atoms with E-state index in [9.17, 15) is 9.59 Å². The molecule has 0 radical (unpaired) electrons. The van der Waals surface area contributed by atoms with Gasteiger partial charge in [0.1, 0.15) is 5.56 Å². The number of aromatic nitrogens is 2. The highest BCUT2D eigenvalue weighted by Crippen LogP contribution is 2.24. The van der Waals surface area contributed by atoms with Crippen LogP contribution in [0.25, 0.3) is 16.2 Å². The van der Waals surface area contributed by atoms with E-state index in [2.05, 4.69) is 10.5 Å². The number of hydrogen-bond acceptors (Lipinski definition) is 5. The van der Waals surface area contributed by atoms with Crippen molar-refractivity contribution in [2.24, 2.45) is 0 Å². The Kier molecular flexibility index (Phi) is 4.22. The van der Waals surface area contributed by atoms with Crippen LogP contribution in [0.15, 0.2) is 40.6 Å². The summed E-state index contributed by atoms with van der Waals surface area (Å²) in [6.45, 7) is 4.05. The molecule has 0 aliphatic rings. The SMILES string of the molecule is CCONC(=O)c1cnc2scc(-c3ccc(C)cc3)n2c1=O. The van der Waals surface area contributed by atoms with Crippen molar-refractivity contribution in [3.8, 4) is 11.3 Å². The molecule has 6 nitrogen and oxygen atoms in total. The highest BCUT2D eigenvalue weighted by molar-refractivity contribution is 7.15. The van der Waals surface area contributed by atoms with Crippen LogP contribution in [0.2, 0.25) is 0 Å². The topological polar surface area (TPSA) is 72.7 Å². The van der Waals surface area contributed by atoms with Crippen LogP contribution in [0.1, 0.15) is 22.8 Å². The van der Waals surface area contributed by atoms with Crippen LogP contribution in [0.4, 0.5) is 0 Å². The third kappa shape index (κ3) is 2.88. The van der Waals surface area contributed by atoms with Crippen LogP contribution in [-0.2, 0) is 4.84 Å². The number of hydroxylamine groups is 1. The van der Waals surface area contributed by atoms with Gasteiger partial charge in [-0.15, -0.1) is 11.3 Å². The molecule has 0 bridgehead atoms. The normalized spacial score (nSPS) is 10.9. The molecule has 1 aromatic carbocycles. The van der Waals surface area contributed by atoms with E-state index >= 15 is 0 Å². The summed E-state index contributed by atoms with van der Waals surface area (Å²) >= 11 is 1.35. The molecule has 2 aromatic heterocycles. The van der Waals surface area contributed by atoms with E-state index in [1.807, 2.05) is 36.6 Å². The zero-order chi connectivity index (χ0) is 16.4. The fourth-order valence-electron chi connectivity index (χ4n) is 2.17. The zero-order valence-corrected chi connectivity index (χ0v) is 13.5. The van der Waals surface area contributed by atoms with E-state index in [1.54, 1.807) is 6.92 Å². The molecule has 7 heteroatoms. The number of amides is 1. The van der Waals surface area contributed by atoms with Crippen molar-refractivity contribution < 1.29 is 9.63 Å². The van der Waals surface area contributed by atoms with Crippen molar-refractivity contribution in [2.75, 3.05) is 6.61 Å². The van der Waals surface area contributed by atoms with Crippen LogP contribution in [-0.4, -0.2) is 21.9 Å². The molecule has 0 aliphatic carbocycles. The van der Waals surface area contributed by atoms with Gasteiger partial charge in [-0.1, -0.05) is 29.8 Å². The van der Waals surface area contributed by atoms with E-state index in [4.69, 9.17) is 4.84 Å². The lowest BCUT2D eigenvalue weighted by Gasteiger charge is -2.05. The van der Waals surface area contributed by atoms with E-state index in [0.29, 0.717) is 17.3 Å². The molecule has 3 aromatic rings. The van der Waals surface area contributed by atoms with Gasteiger partial charge in [0.15, 0.2) is 4.96 Å². The summed E-state index contributed by atoms with van der Waals surface area (Å²) in [6, 6.07) is 7.83. The number of aryl methyl sites for hydroxylation is 1. The van der Waals surface area contributed by atoms with Gasteiger partial charge in [0, 0.05) is 11.6 Å². The monoisotopic (exact) mass is 329 g/mol. The molecule has 1 N–H and O–H groups in total. The molecule has 0 unspecified atom stereocenters. The number of thiazole rings is 1. The summed E-state index contributed by atoms with van der Waals surface area (Å²) in [4.78, 5) is 34.3. The number of nitrogens with one attached hydrogen (secondary N) is 1. The largest absolute Gasteiger partial charge is 0.282 e. The number of nitrogens with zero attached hydrogens (tertiary/aromatic N) is 2. The first-order valence-electron chi connectivity index (χ1n) is 7.10. The van der Waals surface area contributed by atoms with E-state index < -0.39 is 11.5 Å². The Morgan fingerprint density at radius 3 is 2.78 bits per heavy atom. The first-order valence-corrected chi connectivity index (χ1v) is 7.98. The summed E-state index contributed by atoms with van der Waals surface area (Å²) < 4.78 is 1.45. The number of carbonyl (C=O) groups is 1. The number of fused-ring (bicyclic) bond motifs is 1. The number of benzene rings is 1. The van der Waals surface area contributed by atoms with Gasteiger partial charge in [0.25, 0.3) is 11.5 Å². The highest BCUT2D eigenvalue weighted by Gasteiger charge is 2.17. The number of rotatable bonds is 4. The van der Waals surface area contributed by atoms with Crippen molar-refractivity contribution in [3.05, 3.63) is 57.3 Å². The summed E-state index contributed by atoms with van der Waals surface area (Å²) in [6.07, 6.45) is 1.28. The highest BCUT2D eigenvalue weighted by atomic mass is 32.1. The smallest absolute Gasteiger partial charge is 0.274 e. The van der Waals surface area contributed by atoms with Crippen molar-refractivity contribution in [1.82, 2.24) is 14.9 Å². The average Bonchev–Trinajstić information content (AvgIpc) is 2.98. The van der Waals surface area contributed by atoms with Gasteiger partial charge in [-0.25, -0.2) is 10.5 Å². The van der Waals surface area contributed by atoms with Crippen LogP contribution >= 0.6 is 11.3 Å². The second-order valence-corrected chi connectivity index (χ2v) is 5.78. The Bertz CT molecular complexity index is 912. The Morgan fingerprint density at radius 2 is 2.09 bits per heavy atom. The molecular weight excluding hydrogens is 314 g/mol. The lowest BCUT2D eigenvalue weighted by Crippen LogP contribution is -2.31. The second-order valence-electron chi connectivity index (χ2n) is 4.95. The molecule has 23 heavy (non-hydrogen) atoms. The summed E-state index contributed by atoms with van der Waals surface area (Å²) in [7, 11) is 0. The second kappa shape index (κ2) is 6.31. The molecule has 3 rings (SSSR count). The van der Waals surface area contributed by atoms with Gasteiger partial charge in [-0.05, 0) is 19.4 Å². The van der Waals surface area contributed by atoms with Gasteiger partial charge in [-0.3, -0.25) is 18.8 Å². The van der Waals surface area contributed by atoms with E-state index in [1.165, 1.54) is 21.9 Å². The van der Waals surface area contributed by atoms with Crippen molar-refractivity contribution in [3.63, 3.8) is 0 Å². The lowest BCUT2D eigenvalue weighted by atomic mass is 10.1. The molecule has 118 valence electrons. The first-order chi connectivity index (χ1) is 11.1. The molecule has 0 saturated carbocycles. The fraction of sp³-hybridized carbons (Fsp3) is 0.188. The van der Waals surface area contributed by atoms with E-state index in [-0.39, 0.29) is 5.56 Å². The standard InChI is InChI=1S/C16H15N3O3S/c1-3-22-18-14(20)12-8-17-16-19(15(12)21)13(9-23-16)11-6-4-10(2)5-7-11/h4-9H,3H2,1-2H3,(H,18,20). The fourth-order valence-corrected chi connectivity index (χ4v) is 3.03. The molecule has 0 fully saturated rings. The molecule has 0 atom stereocenters. The maximum absolute atomic E-state index is 12.7. The number of hydrogen-bond donors (Lipinski definition) is 1. The lowest BCUT2D eigenvalue weighted by molar-refractivity contribution is 0.0362. The van der Waals surface area contributed by atoms with Crippen molar-refractivity contribution in [2.45, 2.75) is 13.8 Å². The molecule has 0 aliphatic heterocycles. The first kappa shape index (κ1) is 15.4. The Balaban J connectivity index is 2.13. The van der Waals surface area contributed by atoms with Crippen LogP contribution in [0.5, 0.6) is 0 Å². The Hall–Kier alpha value is -2.51. The van der Waals surface area contributed by atoms with Crippen LogP contribution in [0, 0.1) is 6.92 Å². The van der Waals surface area contributed by atoms with Crippen molar-refractivity contribution in [1.29, 1.82) is 0 Å². The predicted molar refractivity (Wildman–Crippen MR) is 88.6 cm³/mol. The molecule has 1 amide bonds. The van der Waals surface area contributed by atoms with Crippen LogP contribution < -0.4 is 11.0 Å². The van der Waals surface area contributed by atoms with Gasteiger partial charge in [-0.2, -0.15) is 0 Å². The number of carbonyl (C=O) groups excluding carboxylic acids is 1. The minimum absolute atomic E-state index is 0.0530. The molecule has 0 spiro atoms. The van der Waals surface area contributed by atoms with Gasteiger partial charge in [0.2, 0.25) is 0 Å². The Labute approximate surface area is 136 Å². The average molecular weight is 329 g/mol. The van der Waals surface area contributed by atoms with Crippen molar-refractivity contribution >= 4 is 22.2 Å². The minimum Gasteiger partial charge on any atom is -0.274 e. The predicted octanol–water partition coefficient (Wildman–Crippen LogP) is 2.41. The molecule has 0 saturated heterocycles. The summed E-state index contributed by atoms with van der Waals surface area (Å²) in [5.74, 6) is -0.597. The summed E-state index contributed by atoms with van der Waals surface area (Å²) in [5, 5.41) is 1.86. The maximum atomic E-state index is 12.7. The van der Waals surface area contributed by atoms with Gasteiger partial charge in [0.05, 0.1) is 12.3 Å². The minimum atomic E-state index is -0.597. The molecular formula is C16H15N3O3S. The maximum Gasteiger partial charge on any atom is 0.282 e. The van der Waals surface area contributed by atoms with Gasteiger partial charge >= 0.3 is 0 Å². The van der Waals surface area contributed by atoms with Gasteiger partial charge < -0.3 is 0 Å². The van der Waals surface area contributed by atoms with E-state index in [0.717, 1.165) is 11.1 Å². The van der Waals surface area contributed by atoms with Crippen LogP contribution in [0.3, 0.4) is 0 Å². The third-order valence-electron chi connectivity index (χ3n) is 3.35. The third-order valence-corrected chi connectivity index (χ3v) is 4.19. The Morgan fingerprint density at radius 1 is 1.35 bits per heavy atom. The quantitative estimate of drug-likeness (QED) is 0.746. The molecule has 2 heterocycles.